The van der Waals surface area contributed by atoms with Crippen LogP contribution in [0.2, 0.25) is 0 Å². The molecule has 0 bridgehead atoms. The molecule has 1 amide bonds. The Balaban J connectivity index is 2.03. The molecule has 1 N–H and O–H groups in total. The standard InChI is InChI=1S/C23H32N2O4S/c1-18(2)17-20(19-11-6-5-7-12-19)24-23(26)15-10-16-25(30(4,27)28)21-13-8-9-14-22(21)29-3/h5-9,11-14,18,20H,10,15-17H2,1-4H3,(H,24,26)/t20-/m0/s1. The normalized spacial score (nSPS) is 12.4. The van der Waals surface area contributed by atoms with Crippen LogP contribution in [0.3, 0.4) is 0 Å². The van der Waals surface area contributed by atoms with Gasteiger partial charge in [0.25, 0.3) is 0 Å². The van der Waals surface area contributed by atoms with Crippen LogP contribution < -0.4 is 14.4 Å². The number of nitrogens with zero attached hydrogens (tertiary/aromatic N) is 1. The molecule has 0 spiro atoms. The third-order valence-corrected chi connectivity index (χ3v) is 5.94. The summed E-state index contributed by atoms with van der Waals surface area (Å²) in [7, 11) is -2.00. The molecule has 0 radical (unpaired) electrons. The molecule has 30 heavy (non-hydrogen) atoms. The van der Waals surface area contributed by atoms with Gasteiger partial charge in [0.05, 0.1) is 25.1 Å². The van der Waals surface area contributed by atoms with E-state index in [1.165, 1.54) is 11.4 Å². The zero-order chi connectivity index (χ0) is 22.1. The molecular formula is C23H32N2O4S. The molecule has 0 unspecified atom stereocenters. The van der Waals surface area contributed by atoms with Crippen LogP contribution in [-0.4, -0.2) is 34.2 Å². The van der Waals surface area contributed by atoms with Gasteiger partial charge >= 0.3 is 0 Å². The van der Waals surface area contributed by atoms with E-state index >= 15 is 0 Å². The summed E-state index contributed by atoms with van der Waals surface area (Å²) < 4.78 is 31.3. The summed E-state index contributed by atoms with van der Waals surface area (Å²) in [6, 6.07) is 16.8. The zero-order valence-corrected chi connectivity index (χ0v) is 19.0. The van der Waals surface area contributed by atoms with Crippen molar-refractivity contribution in [3.63, 3.8) is 0 Å². The first kappa shape index (κ1) is 23.7. The molecule has 0 aliphatic rings. The van der Waals surface area contributed by atoms with Crippen molar-refractivity contribution in [1.82, 2.24) is 5.32 Å². The third kappa shape index (κ3) is 7.06. The van der Waals surface area contributed by atoms with Crippen molar-refractivity contribution >= 4 is 21.6 Å². The second-order valence-corrected chi connectivity index (χ2v) is 9.68. The lowest BCUT2D eigenvalue weighted by Gasteiger charge is -2.24. The highest BCUT2D eigenvalue weighted by Gasteiger charge is 2.21. The van der Waals surface area contributed by atoms with Crippen molar-refractivity contribution in [2.75, 3.05) is 24.2 Å². The number of para-hydroxylation sites is 2. The molecule has 0 aliphatic carbocycles. The number of rotatable bonds is 11. The molecule has 0 aromatic heterocycles. The lowest BCUT2D eigenvalue weighted by molar-refractivity contribution is -0.122. The Hall–Kier alpha value is -2.54. The highest BCUT2D eigenvalue weighted by atomic mass is 32.2. The molecule has 0 heterocycles. The van der Waals surface area contributed by atoms with Crippen molar-refractivity contribution in [3.05, 3.63) is 60.2 Å². The van der Waals surface area contributed by atoms with Gasteiger partial charge in [0.15, 0.2) is 0 Å². The molecular weight excluding hydrogens is 400 g/mol. The van der Waals surface area contributed by atoms with Gasteiger partial charge in [-0.05, 0) is 36.5 Å². The minimum atomic E-state index is -3.51. The SMILES string of the molecule is COc1ccccc1N(CCCC(=O)N[C@@H](CC(C)C)c1ccccc1)S(C)(=O)=O. The summed E-state index contributed by atoms with van der Waals surface area (Å²) >= 11 is 0. The van der Waals surface area contributed by atoms with Crippen molar-refractivity contribution in [2.45, 2.75) is 39.2 Å². The van der Waals surface area contributed by atoms with Crippen LogP contribution >= 0.6 is 0 Å². The summed E-state index contributed by atoms with van der Waals surface area (Å²) in [6.45, 7) is 4.45. The number of hydrogen-bond acceptors (Lipinski definition) is 4. The van der Waals surface area contributed by atoms with Gasteiger partial charge in [-0.15, -0.1) is 0 Å². The van der Waals surface area contributed by atoms with Crippen LogP contribution in [0, 0.1) is 5.92 Å². The highest BCUT2D eigenvalue weighted by Crippen LogP contribution is 2.29. The number of sulfonamides is 1. The fourth-order valence-electron chi connectivity index (χ4n) is 3.39. The van der Waals surface area contributed by atoms with E-state index in [-0.39, 0.29) is 24.9 Å². The Morgan fingerprint density at radius 1 is 1.07 bits per heavy atom. The van der Waals surface area contributed by atoms with E-state index in [0.29, 0.717) is 23.8 Å². The smallest absolute Gasteiger partial charge is 0.232 e. The molecule has 2 rings (SSSR count). The predicted molar refractivity (Wildman–Crippen MR) is 121 cm³/mol. The first-order valence-corrected chi connectivity index (χ1v) is 12.0. The average Bonchev–Trinajstić information content (AvgIpc) is 2.70. The van der Waals surface area contributed by atoms with Crippen LogP contribution in [0.25, 0.3) is 0 Å². The van der Waals surface area contributed by atoms with E-state index in [0.717, 1.165) is 18.2 Å². The highest BCUT2D eigenvalue weighted by molar-refractivity contribution is 7.92. The predicted octanol–water partition coefficient (Wildman–Crippen LogP) is 4.15. The van der Waals surface area contributed by atoms with E-state index in [2.05, 4.69) is 19.2 Å². The quantitative estimate of drug-likeness (QED) is 0.579. The van der Waals surface area contributed by atoms with Crippen molar-refractivity contribution in [2.24, 2.45) is 5.92 Å². The summed E-state index contributed by atoms with van der Waals surface area (Å²) in [4.78, 5) is 12.6. The van der Waals surface area contributed by atoms with E-state index in [1.54, 1.807) is 24.3 Å². The number of carbonyl (C=O) groups is 1. The minimum absolute atomic E-state index is 0.0565. The van der Waals surface area contributed by atoms with Gasteiger partial charge in [0.2, 0.25) is 15.9 Å². The van der Waals surface area contributed by atoms with Crippen molar-refractivity contribution in [1.29, 1.82) is 0 Å². The number of anilines is 1. The fraction of sp³-hybridized carbons (Fsp3) is 0.435. The Labute approximate surface area is 180 Å². The molecule has 1 atom stereocenters. The number of ether oxygens (including phenoxy) is 1. The molecule has 2 aromatic carbocycles. The van der Waals surface area contributed by atoms with Crippen LogP contribution in [0.5, 0.6) is 5.75 Å². The first-order valence-electron chi connectivity index (χ1n) is 10.2. The van der Waals surface area contributed by atoms with Crippen LogP contribution in [0.4, 0.5) is 5.69 Å². The zero-order valence-electron chi connectivity index (χ0n) is 18.2. The molecule has 0 aliphatic heterocycles. The summed E-state index contributed by atoms with van der Waals surface area (Å²) in [5, 5.41) is 3.11. The number of nitrogens with one attached hydrogen (secondary N) is 1. The van der Waals surface area contributed by atoms with E-state index in [1.807, 2.05) is 30.3 Å². The van der Waals surface area contributed by atoms with Gasteiger partial charge in [-0.2, -0.15) is 0 Å². The summed E-state index contributed by atoms with van der Waals surface area (Å²) in [6.07, 6.45) is 2.64. The lowest BCUT2D eigenvalue weighted by atomic mass is 9.97. The van der Waals surface area contributed by atoms with Crippen LogP contribution in [0.1, 0.15) is 44.7 Å². The Kier molecular flexibility index (Phi) is 8.72. The fourth-order valence-corrected chi connectivity index (χ4v) is 4.35. The number of benzene rings is 2. The minimum Gasteiger partial charge on any atom is -0.495 e. The maximum Gasteiger partial charge on any atom is 0.232 e. The number of methoxy groups -OCH3 is 1. The van der Waals surface area contributed by atoms with Gasteiger partial charge in [-0.25, -0.2) is 8.42 Å². The molecule has 7 heteroatoms. The summed E-state index contributed by atoms with van der Waals surface area (Å²) in [5.74, 6) is 0.827. The Morgan fingerprint density at radius 3 is 2.30 bits per heavy atom. The van der Waals surface area contributed by atoms with Gasteiger partial charge in [-0.1, -0.05) is 56.3 Å². The molecule has 0 saturated carbocycles. The summed E-state index contributed by atoms with van der Waals surface area (Å²) in [5.41, 5.74) is 1.55. The van der Waals surface area contributed by atoms with Gasteiger partial charge < -0.3 is 10.1 Å². The van der Waals surface area contributed by atoms with E-state index in [4.69, 9.17) is 4.74 Å². The van der Waals surface area contributed by atoms with Crippen LogP contribution in [-0.2, 0) is 14.8 Å². The Morgan fingerprint density at radius 2 is 1.70 bits per heavy atom. The lowest BCUT2D eigenvalue weighted by Crippen LogP contribution is -2.33. The van der Waals surface area contributed by atoms with Crippen molar-refractivity contribution in [3.8, 4) is 5.75 Å². The van der Waals surface area contributed by atoms with Gasteiger partial charge in [-0.3, -0.25) is 9.10 Å². The largest absolute Gasteiger partial charge is 0.495 e. The second kappa shape index (κ2) is 11.0. The Bertz CT molecular complexity index is 914. The topological polar surface area (TPSA) is 75.7 Å². The monoisotopic (exact) mass is 432 g/mol. The molecule has 6 nitrogen and oxygen atoms in total. The second-order valence-electron chi connectivity index (χ2n) is 7.77. The van der Waals surface area contributed by atoms with E-state index in [9.17, 15) is 13.2 Å². The average molecular weight is 433 g/mol. The molecule has 0 fully saturated rings. The molecule has 164 valence electrons. The molecule has 0 saturated heterocycles. The van der Waals surface area contributed by atoms with Gasteiger partial charge in [0.1, 0.15) is 5.75 Å². The number of amides is 1. The third-order valence-electron chi connectivity index (χ3n) is 4.76. The maximum absolute atomic E-state index is 12.6. The van der Waals surface area contributed by atoms with Gasteiger partial charge in [0, 0.05) is 13.0 Å². The van der Waals surface area contributed by atoms with E-state index < -0.39 is 10.0 Å². The first-order chi connectivity index (χ1) is 14.2. The number of carbonyl (C=O) groups excluding carboxylic acids is 1. The van der Waals surface area contributed by atoms with Crippen LogP contribution in [0.15, 0.2) is 54.6 Å². The maximum atomic E-state index is 12.6. The molecule has 2 aromatic rings. The number of hydrogen-bond donors (Lipinski definition) is 1. The van der Waals surface area contributed by atoms with Crippen molar-refractivity contribution < 1.29 is 17.9 Å².